The predicted octanol–water partition coefficient (Wildman–Crippen LogP) is 3.29. The summed E-state index contributed by atoms with van der Waals surface area (Å²) >= 11 is 2.58. The van der Waals surface area contributed by atoms with Crippen molar-refractivity contribution in [2.45, 2.75) is 6.92 Å². The van der Waals surface area contributed by atoms with Crippen LogP contribution in [-0.4, -0.2) is 28.5 Å². The molecule has 9 heteroatoms. The Labute approximate surface area is 139 Å². The van der Waals surface area contributed by atoms with Crippen LogP contribution >= 0.6 is 22.7 Å². The SMILES string of the molecule is CCOC(=O)c1csc(NC(=O)c2ncoc2-c2cccs2)n1. The van der Waals surface area contributed by atoms with E-state index in [4.69, 9.17) is 9.15 Å². The molecule has 3 rings (SSSR count). The Morgan fingerprint density at radius 2 is 2.26 bits per heavy atom. The topological polar surface area (TPSA) is 94.3 Å². The number of hydrogen-bond acceptors (Lipinski definition) is 8. The summed E-state index contributed by atoms with van der Waals surface area (Å²) in [7, 11) is 0. The van der Waals surface area contributed by atoms with Gasteiger partial charge in [0.25, 0.3) is 5.91 Å². The quantitative estimate of drug-likeness (QED) is 0.710. The van der Waals surface area contributed by atoms with Gasteiger partial charge in [0.1, 0.15) is 0 Å². The Kier molecular flexibility index (Phi) is 4.49. The summed E-state index contributed by atoms with van der Waals surface area (Å²) in [6.07, 6.45) is 1.22. The lowest BCUT2D eigenvalue weighted by Crippen LogP contribution is -2.13. The van der Waals surface area contributed by atoms with Crippen LogP contribution < -0.4 is 5.32 Å². The minimum Gasteiger partial charge on any atom is -0.461 e. The van der Waals surface area contributed by atoms with Gasteiger partial charge < -0.3 is 9.15 Å². The lowest BCUT2D eigenvalue weighted by Gasteiger charge is -2.00. The maximum Gasteiger partial charge on any atom is 0.357 e. The molecule has 3 heterocycles. The van der Waals surface area contributed by atoms with E-state index in [0.717, 1.165) is 16.2 Å². The lowest BCUT2D eigenvalue weighted by atomic mass is 10.3. The largest absolute Gasteiger partial charge is 0.461 e. The first kappa shape index (κ1) is 15.4. The Hall–Kier alpha value is -2.52. The van der Waals surface area contributed by atoms with Crippen LogP contribution in [0.2, 0.25) is 0 Å². The highest BCUT2D eigenvalue weighted by Crippen LogP contribution is 2.28. The first-order valence-corrected chi connectivity index (χ1v) is 8.36. The van der Waals surface area contributed by atoms with Gasteiger partial charge in [0, 0.05) is 5.38 Å². The number of nitrogens with zero attached hydrogens (tertiary/aromatic N) is 2. The highest BCUT2D eigenvalue weighted by atomic mass is 32.1. The zero-order chi connectivity index (χ0) is 16.2. The number of oxazole rings is 1. The third-order valence-corrected chi connectivity index (χ3v) is 4.36. The first-order chi connectivity index (χ1) is 11.2. The van der Waals surface area contributed by atoms with Crippen molar-refractivity contribution in [1.29, 1.82) is 0 Å². The molecule has 0 atom stereocenters. The molecule has 0 aliphatic carbocycles. The number of esters is 1. The smallest absolute Gasteiger partial charge is 0.357 e. The average Bonchev–Trinajstić information content (AvgIpc) is 3.27. The van der Waals surface area contributed by atoms with E-state index in [-0.39, 0.29) is 23.1 Å². The Morgan fingerprint density at radius 1 is 1.39 bits per heavy atom. The molecule has 3 aromatic heterocycles. The fraction of sp³-hybridized carbons (Fsp3) is 0.143. The van der Waals surface area contributed by atoms with Gasteiger partial charge in [-0.2, -0.15) is 0 Å². The van der Waals surface area contributed by atoms with Gasteiger partial charge in [-0.3, -0.25) is 10.1 Å². The average molecular weight is 349 g/mol. The van der Waals surface area contributed by atoms with Gasteiger partial charge in [-0.25, -0.2) is 14.8 Å². The minimum absolute atomic E-state index is 0.158. The van der Waals surface area contributed by atoms with Crippen molar-refractivity contribution in [1.82, 2.24) is 9.97 Å². The second-order valence-electron chi connectivity index (χ2n) is 4.22. The highest BCUT2D eigenvalue weighted by molar-refractivity contribution is 7.14. The molecule has 0 spiro atoms. The number of hydrogen-bond donors (Lipinski definition) is 1. The van der Waals surface area contributed by atoms with Crippen molar-refractivity contribution < 1.29 is 18.7 Å². The fourth-order valence-electron chi connectivity index (χ4n) is 1.78. The molecular weight excluding hydrogens is 338 g/mol. The number of carbonyl (C=O) groups excluding carboxylic acids is 2. The number of aromatic nitrogens is 2. The van der Waals surface area contributed by atoms with E-state index in [0.29, 0.717) is 5.76 Å². The van der Waals surface area contributed by atoms with Gasteiger partial charge in [-0.15, -0.1) is 22.7 Å². The maximum absolute atomic E-state index is 12.3. The van der Waals surface area contributed by atoms with Gasteiger partial charge in [0.05, 0.1) is 11.5 Å². The summed E-state index contributed by atoms with van der Waals surface area (Å²) in [6.45, 7) is 1.98. The van der Waals surface area contributed by atoms with Crippen LogP contribution in [-0.2, 0) is 4.74 Å². The number of anilines is 1. The van der Waals surface area contributed by atoms with Crippen LogP contribution in [0.4, 0.5) is 5.13 Å². The van der Waals surface area contributed by atoms with E-state index in [1.165, 1.54) is 23.1 Å². The number of ether oxygens (including phenoxy) is 1. The molecule has 0 saturated carbocycles. The normalized spacial score (nSPS) is 10.5. The Balaban J connectivity index is 1.76. The lowest BCUT2D eigenvalue weighted by molar-refractivity contribution is 0.0520. The van der Waals surface area contributed by atoms with Crippen LogP contribution in [0.5, 0.6) is 0 Å². The van der Waals surface area contributed by atoms with Crippen LogP contribution in [0.15, 0.2) is 33.7 Å². The number of thiophene rings is 1. The fourth-order valence-corrected chi connectivity index (χ4v) is 3.16. The van der Waals surface area contributed by atoms with E-state index >= 15 is 0 Å². The van der Waals surface area contributed by atoms with Gasteiger partial charge in [-0.1, -0.05) is 6.07 Å². The molecule has 0 saturated heterocycles. The zero-order valence-corrected chi connectivity index (χ0v) is 13.6. The highest BCUT2D eigenvalue weighted by Gasteiger charge is 2.20. The predicted molar refractivity (Wildman–Crippen MR) is 85.8 cm³/mol. The summed E-state index contributed by atoms with van der Waals surface area (Å²) in [4.78, 5) is 32.7. The van der Waals surface area contributed by atoms with Gasteiger partial charge >= 0.3 is 5.97 Å². The van der Waals surface area contributed by atoms with Crippen molar-refractivity contribution in [2.24, 2.45) is 0 Å². The van der Waals surface area contributed by atoms with E-state index in [1.807, 2.05) is 17.5 Å². The summed E-state index contributed by atoms with van der Waals surface area (Å²) in [5.74, 6) is -0.573. The Morgan fingerprint density at radius 3 is 3.00 bits per heavy atom. The molecule has 0 aromatic carbocycles. The van der Waals surface area contributed by atoms with Crippen molar-refractivity contribution in [3.63, 3.8) is 0 Å². The van der Waals surface area contributed by atoms with Crippen molar-refractivity contribution in [3.8, 4) is 10.6 Å². The molecule has 1 N–H and O–H groups in total. The zero-order valence-electron chi connectivity index (χ0n) is 11.9. The van der Waals surface area contributed by atoms with E-state index in [1.54, 1.807) is 6.92 Å². The van der Waals surface area contributed by atoms with Gasteiger partial charge in [0.15, 0.2) is 28.7 Å². The molecule has 23 heavy (non-hydrogen) atoms. The second kappa shape index (κ2) is 6.71. The van der Waals surface area contributed by atoms with E-state index in [9.17, 15) is 9.59 Å². The third-order valence-electron chi connectivity index (χ3n) is 2.74. The van der Waals surface area contributed by atoms with Crippen molar-refractivity contribution in [3.05, 3.63) is 40.7 Å². The summed E-state index contributed by atoms with van der Waals surface area (Å²) < 4.78 is 10.1. The van der Waals surface area contributed by atoms with Gasteiger partial charge in [0.2, 0.25) is 0 Å². The molecule has 118 valence electrons. The Bertz CT molecular complexity index is 823. The molecule has 3 aromatic rings. The van der Waals surface area contributed by atoms with Crippen LogP contribution in [0.3, 0.4) is 0 Å². The number of thiazole rings is 1. The third kappa shape index (κ3) is 3.30. The molecule has 0 aliphatic rings. The van der Waals surface area contributed by atoms with Gasteiger partial charge in [-0.05, 0) is 18.4 Å². The van der Waals surface area contributed by atoms with Crippen molar-refractivity contribution in [2.75, 3.05) is 11.9 Å². The maximum atomic E-state index is 12.3. The second-order valence-corrected chi connectivity index (χ2v) is 6.03. The minimum atomic E-state index is -0.523. The van der Waals surface area contributed by atoms with E-state index < -0.39 is 11.9 Å². The van der Waals surface area contributed by atoms with E-state index in [2.05, 4.69) is 15.3 Å². The van der Waals surface area contributed by atoms with Crippen LogP contribution in [0.25, 0.3) is 10.6 Å². The molecule has 0 bridgehead atoms. The molecular formula is C14H11N3O4S2. The van der Waals surface area contributed by atoms with Crippen LogP contribution in [0.1, 0.15) is 27.9 Å². The number of nitrogens with one attached hydrogen (secondary N) is 1. The van der Waals surface area contributed by atoms with Crippen LogP contribution in [0, 0.1) is 0 Å². The number of amides is 1. The van der Waals surface area contributed by atoms with Crippen molar-refractivity contribution >= 4 is 39.7 Å². The molecule has 7 nitrogen and oxygen atoms in total. The standard InChI is InChI=1S/C14H11N3O4S2/c1-2-20-13(19)8-6-23-14(16-8)17-12(18)10-11(21-7-15-10)9-4-3-5-22-9/h3-7H,2H2,1H3,(H,16,17,18). The molecule has 1 amide bonds. The summed E-state index contributed by atoms with van der Waals surface area (Å²) in [6, 6.07) is 3.70. The monoisotopic (exact) mass is 349 g/mol. The molecule has 0 aliphatic heterocycles. The first-order valence-electron chi connectivity index (χ1n) is 6.60. The number of rotatable bonds is 5. The summed E-state index contributed by atoms with van der Waals surface area (Å²) in [5, 5.41) is 6.30. The molecule has 0 fully saturated rings. The number of carbonyl (C=O) groups is 2. The summed E-state index contributed by atoms with van der Waals surface area (Å²) in [5.41, 5.74) is 0.325. The molecule has 0 unspecified atom stereocenters. The molecule has 0 radical (unpaired) electrons.